The molecule has 3 nitrogen and oxygen atoms in total. The summed E-state index contributed by atoms with van der Waals surface area (Å²) in [5, 5.41) is 7.31. The van der Waals surface area contributed by atoms with Crippen LogP contribution in [0.5, 0.6) is 0 Å². The van der Waals surface area contributed by atoms with E-state index in [1.165, 1.54) is 0 Å². The fourth-order valence-electron chi connectivity index (χ4n) is 1.65. The van der Waals surface area contributed by atoms with E-state index in [1.54, 1.807) is 0 Å². The van der Waals surface area contributed by atoms with Crippen molar-refractivity contribution in [2.45, 2.75) is 39.2 Å². The van der Waals surface area contributed by atoms with Crippen LogP contribution >= 0.6 is 12.2 Å². The third-order valence-corrected chi connectivity index (χ3v) is 2.77. The maximum Gasteiger partial charge on any atom is 0.166 e. The number of thiocarbonyl (C=S) groups is 1. The first-order chi connectivity index (χ1) is 7.02. The average molecular weight is 230 g/mol. The summed E-state index contributed by atoms with van der Waals surface area (Å²) in [6.07, 6.45) is 2.23. The normalized spacial score (nSPS) is 26.4. The summed E-state index contributed by atoms with van der Waals surface area (Å²) in [6.45, 7) is 9.04. The van der Waals surface area contributed by atoms with Crippen LogP contribution in [0.3, 0.4) is 0 Å². The summed E-state index contributed by atoms with van der Waals surface area (Å²) < 4.78 is 5.46. The minimum atomic E-state index is 0.0132. The molecule has 0 aromatic heterocycles. The number of ether oxygens (including phenoxy) is 1. The second-order valence-corrected chi connectivity index (χ2v) is 5.35. The molecule has 4 heteroatoms. The number of nitrogens with one attached hydrogen (secondary N) is 2. The van der Waals surface area contributed by atoms with Crippen molar-refractivity contribution in [2.24, 2.45) is 5.92 Å². The molecule has 88 valence electrons. The van der Waals surface area contributed by atoms with Gasteiger partial charge < -0.3 is 15.4 Å². The van der Waals surface area contributed by atoms with Gasteiger partial charge in [-0.2, -0.15) is 0 Å². The SMILES string of the molecule is CC(C)CNC(=S)NC1(C)CCCOC1. The molecule has 0 saturated carbocycles. The van der Waals surface area contributed by atoms with E-state index in [1.807, 2.05) is 0 Å². The minimum Gasteiger partial charge on any atom is -0.379 e. The first-order valence-corrected chi connectivity index (χ1v) is 6.06. The molecular weight excluding hydrogens is 208 g/mol. The minimum absolute atomic E-state index is 0.0132. The Kier molecular flexibility index (Phi) is 4.80. The predicted octanol–water partition coefficient (Wildman–Crippen LogP) is 1.68. The molecule has 1 aliphatic heterocycles. The van der Waals surface area contributed by atoms with Gasteiger partial charge in [-0.25, -0.2) is 0 Å². The van der Waals surface area contributed by atoms with E-state index in [4.69, 9.17) is 17.0 Å². The molecule has 0 aromatic carbocycles. The van der Waals surface area contributed by atoms with E-state index >= 15 is 0 Å². The van der Waals surface area contributed by atoms with Crippen molar-refractivity contribution in [3.8, 4) is 0 Å². The molecule has 0 radical (unpaired) electrons. The lowest BCUT2D eigenvalue weighted by Gasteiger charge is -2.35. The maximum atomic E-state index is 5.46. The van der Waals surface area contributed by atoms with E-state index in [0.29, 0.717) is 5.92 Å². The van der Waals surface area contributed by atoms with Gasteiger partial charge in [0.15, 0.2) is 5.11 Å². The summed E-state index contributed by atoms with van der Waals surface area (Å²) in [5.41, 5.74) is 0.0132. The summed E-state index contributed by atoms with van der Waals surface area (Å²) in [7, 11) is 0. The van der Waals surface area contributed by atoms with Gasteiger partial charge in [-0.15, -0.1) is 0 Å². The van der Waals surface area contributed by atoms with Gasteiger partial charge in [0.05, 0.1) is 12.1 Å². The van der Waals surface area contributed by atoms with Gasteiger partial charge in [-0.05, 0) is 37.9 Å². The topological polar surface area (TPSA) is 33.3 Å². The Bertz CT molecular complexity index is 213. The van der Waals surface area contributed by atoms with Gasteiger partial charge in [-0.1, -0.05) is 13.8 Å². The molecular formula is C11H22N2OS. The van der Waals surface area contributed by atoms with E-state index in [2.05, 4.69) is 31.4 Å². The van der Waals surface area contributed by atoms with Crippen molar-refractivity contribution in [1.82, 2.24) is 10.6 Å². The maximum absolute atomic E-state index is 5.46. The van der Waals surface area contributed by atoms with Crippen molar-refractivity contribution in [1.29, 1.82) is 0 Å². The van der Waals surface area contributed by atoms with Crippen LogP contribution < -0.4 is 10.6 Å². The molecule has 0 spiro atoms. The zero-order chi connectivity index (χ0) is 11.3. The molecule has 1 saturated heterocycles. The Morgan fingerprint density at radius 2 is 2.27 bits per heavy atom. The second-order valence-electron chi connectivity index (χ2n) is 4.95. The lowest BCUT2D eigenvalue weighted by Crippen LogP contribution is -2.54. The van der Waals surface area contributed by atoms with Gasteiger partial charge in [0, 0.05) is 13.2 Å². The van der Waals surface area contributed by atoms with Crippen molar-refractivity contribution in [2.75, 3.05) is 19.8 Å². The standard InChI is InChI=1S/C11H22N2OS/c1-9(2)7-12-10(15)13-11(3)5-4-6-14-8-11/h9H,4-8H2,1-3H3,(H2,12,13,15). The fraction of sp³-hybridized carbons (Fsp3) is 0.909. The van der Waals surface area contributed by atoms with Crippen LogP contribution in [0.4, 0.5) is 0 Å². The third-order valence-electron chi connectivity index (χ3n) is 2.52. The van der Waals surface area contributed by atoms with Gasteiger partial charge >= 0.3 is 0 Å². The van der Waals surface area contributed by atoms with E-state index in [0.717, 1.165) is 37.7 Å². The number of hydrogen-bond acceptors (Lipinski definition) is 2. The lowest BCUT2D eigenvalue weighted by molar-refractivity contribution is 0.0370. The molecule has 1 aliphatic rings. The zero-order valence-electron chi connectivity index (χ0n) is 9.93. The van der Waals surface area contributed by atoms with E-state index < -0.39 is 0 Å². The van der Waals surface area contributed by atoms with Gasteiger partial charge in [-0.3, -0.25) is 0 Å². The Morgan fingerprint density at radius 1 is 1.53 bits per heavy atom. The molecule has 1 heterocycles. The molecule has 1 rings (SSSR count). The summed E-state index contributed by atoms with van der Waals surface area (Å²) in [6, 6.07) is 0. The van der Waals surface area contributed by atoms with Crippen LogP contribution in [0.1, 0.15) is 33.6 Å². The summed E-state index contributed by atoms with van der Waals surface area (Å²) in [4.78, 5) is 0. The number of rotatable bonds is 3. The van der Waals surface area contributed by atoms with Crippen LogP contribution in [-0.2, 0) is 4.74 Å². The molecule has 0 aromatic rings. The molecule has 1 fully saturated rings. The number of hydrogen-bond donors (Lipinski definition) is 2. The highest BCUT2D eigenvalue weighted by Gasteiger charge is 2.27. The van der Waals surface area contributed by atoms with Gasteiger partial charge in [0.1, 0.15) is 0 Å². The quantitative estimate of drug-likeness (QED) is 0.723. The third kappa shape index (κ3) is 4.80. The van der Waals surface area contributed by atoms with Gasteiger partial charge in [0.2, 0.25) is 0 Å². The zero-order valence-corrected chi connectivity index (χ0v) is 10.7. The molecule has 1 atom stereocenters. The molecule has 0 aliphatic carbocycles. The van der Waals surface area contributed by atoms with Crippen molar-refractivity contribution in [3.05, 3.63) is 0 Å². The molecule has 2 N–H and O–H groups in total. The molecule has 0 bridgehead atoms. The summed E-state index contributed by atoms with van der Waals surface area (Å²) >= 11 is 5.25. The van der Waals surface area contributed by atoms with Crippen LogP contribution in [-0.4, -0.2) is 30.4 Å². The highest BCUT2D eigenvalue weighted by Crippen LogP contribution is 2.17. The fourth-order valence-corrected chi connectivity index (χ4v) is 1.98. The Labute approximate surface area is 98.0 Å². The Balaban J connectivity index is 2.29. The Hall–Kier alpha value is -0.350. The van der Waals surface area contributed by atoms with E-state index in [-0.39, 0.29) is 5.54 Å². The predicted molar refractivity (Wildman–Crippen MR) is 67.0 cm³/mol. The highest BCUT2D eigenvalue weighted by atomic mass is 32.1. The average Bonchev–Trinajstić information content (AvgIpc) is 2.15. The highest BCUT2D eigenvalue weighted by molar-refractivity contribution is 7.80. The first kappa shape index (κ1) is 12.7. The van der Waals surface area contributed by atoms with Gasteiger partial charge in [0.25, 0.3) is 0 Å². The summed E-state index contributed by atoms with van der Waals surface area (Å²) in [5.74, 6) is 0.611. The molecule has 15 heavy (non-hydrogen) atoms. The lowest BCUT2D eigenvalue weighted by atomic mass is 9.95. The van der Waals surface area contributed by atoms with Crippen molar-refractivity contribution in [3.63, 3.8) is 0 Å². The first-order valence-electron chi connectivity index (χ1n) is 5.66. The van der Waals surface area contributed by atoms with Crippen LogP contribution in [0.2, 0.25) is 0 Å². The smallest absolute Gasteiger partial charge is 0.166 e. The van der Waals surface area contributed by atoms with Crippen LogP contribution in [0.15, 0.2) is 0 Å². The second kappa shape index (κ2) is 5.66. The molecule has 0 amide bonds. The monoisotopic (exact) mass is 230 g/mol. The molecule has 1 unspecified atom stereocenters. The van der Waals surface area contributed by atoms with Crippen LogP contribution in [0, 0.1) is 5.92 Å². The largest absolute Gasteiger partial charge is 0.379 e. The van der Waals surface area contributed by atoms with E-state index in [9.17, 15) is 0 Å². The van der Waals surface area contributed by atoms with Crippen molar-refractivity contribution < 1.29 is 4.74 Å². The van der Waals surface area contributed by atoms with Crippen molar-refractivity contribution >= 4 is 17.3 Å². The van der Waals surface area contributed by atoms with Crippen LogP contribution in [0.25, 0.3) is 0 Å². The Morgan fingerprint density at radius 3 is 2.80 bits per heavy atom.